The van der Waals surface area contributed by atoms with Crippen LogP contribution >= 0.6 is 0 Å². The Balaban J connectivity index is 1.33. The molecule has 1 aliphatic rings. The van der Waals surface area contributed by atoms with E-state index in [9.17, 15) is 0 Å². The third-order valence-electron chi connectivity index (χ3n) is 4.81. The fraction of sp³-hybridized carbons (Fsp3) is 0.409. The first-order valence-corrected chi connectivity index (χ1v) is 9.75. The van der Waals surface area contributed by atoms with E-state index < -0.39 is 0 Å². The molecular formula is C22H30N4O. The second-order valence-corrected chi connectivity index (χ2v) is 6.84. The SMILES string of the molecule is CN=C(NCCOc1ccccc1)NC1CCN(Cc2ccccc2)CC1. The molecule has 2 aromatic rings. The van der Waals surface area contributed by atoms with E-state index in [0.29, 0.717) is 12.6 Å². The summed E-state index contributed by atoms with van der Waals surface area (Å²) >= 11 is 0. The van der Waals surface area contributed by atoms with Gasteiger partial charge in [0, 0.05) is 32.7 Å². The second-order valence-electron chi connectivity index (χ2n) is 6.84. The third kappa shape index (κ3) is 6.61. The van der Waals surface area contributed by atoms with Crippen LogP contribution in [0, 0.1) is 0 Å². The average Bonchev–Trinajstić information content (AvgIpc) is 2.73. The van der Waals surface area contributed by atoms with E-state index in [-0.39, 0.29) is 0 Å². The Labute approximate surface area is 162 Å². The van der Waals surface area contributed by atoms with Gasteiger partial charge in [0.15, 0.2) is 5.96 Å². The molecule has 1 aliphatic heterocycles. The smallest absolute Gasteiger partial charge is 0.191 e. The van der Waals surface area contributed by atoms with E-state index in [4.69, 9.17) is 4.74 Å². The van der Waals surface area contributed by atoms with Crippen molar-refractivity contribution in [3.8, 4) is 5.75 Å². The molecular weight excluding hydrogens is 336 g/mol. The van der Waals surface area contributed by atoms with Gasteiger partial charge in [-0.1, -0.05) is 48.5 Å². The number of nitrogens with zero attached hydrogens (tertiary/aromatic N) is 2. The molecule has 3 rings (SSSR count). The van der Waals surface area contributed by atoms with Gasteiger partial charge in [-0.05, 0) is 30.5 Å². The first-order valence-electron chi connectivity index (χ1n) is 9.75. The second kappa shape index (κ2) is 10.6. The Morgan fingerprint density at radius 1 is 1.04 bits per heavy atom. The molecule has 5 heteroatoms. The van der Waals surface area contributed by atoms with E-state index in [1.165, 1.54) is 5.56 Å². The normalized spacial score (nSPS) is 16.1. The van der Waals surface area contributed by atoms with Crippen molar-refractivity contribution in [3.63, 3.8) is 0 Å². The third-order valence-corrected chi connectivity index (χ3v) is 4.81. The van der Waals surface area contributed by atoms with Crippen LogP contribution in [0.2, 0.25) is 0 Å². The van der Waals surface area contributed by atoms with Gasteiger partial charge in [0.25, 0.3) is 0 Å². The van der Waals surface area contributed by atoms with Gasteiger partial charge in [-0.25, -0.2) is 0 Å². The van der Waals surface area contributed by atoms with Crippen LogP contribution in [-0.4, -0.2) is 50.2 Å². The Morgan fingerprint density at radius 2 is 1.70 bits per heavy atom. The lowest BCUT2D eigenvalue weighted by molar-refractivity contribution is 0.198. The van der Waals surface area contributed by atoms with Gasteiger partial charge in [0.05, 0.1) is 6.54 Å². The maximum Gasteiger partial charge on any atom is 0.191 e. The summed E-state index contributed by atoms with van der Waals surface area (Å²) in [6.07, 6.45) is 2.27. The van der Waals surface area contributed by atoms with Crippen LogP contribution in [0.4, 0.5) is 0 Å². The summed E-state index contributed by atoms with van der Waals surface area (Å²) in [6, 6.07) is 21.1. The lowest BCUT2D eigenvalue weighted by atomic mass is 10.0. The summed E-state index contributed by atoms with van der Waals surface area (Å²) in [5.41, 5.74) is 1.39. The van der Waals surface area contributed by atoms with Gasteiger partial charge in [-0.15, -0.1) is 0 Å². The summed E-state index contributed by atoms with van der Waals surface area (Å²) in [4.78, 5) is 6.86. The minimum atomic E-state index is 0.471. The predicted octanol–water partition coefficient (Wildman–Crippen LogP) is 2.90. The molecule has 0 amide bonds. The van der Waals surface area contributed by atoms with E-state index in [0.717, 1.165) is 50.7 Å². The highest BCUT2D eigenvalue weighted by Crippen LogP contribution is 2.13. The van der Waals surface area contributed by atoms with Gasteiger partial charge >= 0.3 is 0 Å². The number of piperidine rings is 1. The molecule has 0 aromatic heterocycles. The summed E-state index contributed by atoms with van der Waals surface area (Å²) < 4.78 is 5.71. The molecule has 0 atom stereocenters. The van der Waals surface area contributed by atoms with Crippen molar-refractivity contribution in [1.82, 2.24) is 15.5 Å². The average molecular weight is 367 g/mol. The van der Waals surface area contributed by atoms with E-state index in [1.54, 1.807) is 0 Å². The van der Waals surface area contributed by atoms with Crippen molar-refractivity contribution >= 4 is 5.96 Å². The Hall–Kier alpha value is -2.53. The first kappa shape index (κ1) is 19.2. The molecule has 1 heterocycles. The number of aliphatic imine (C=N–C) groups is 1. The molecule has 27 heavy (non-hydrogen) atoms. The molecule has 0 unspecified atom stereocenters. The van der Waals surface area contributed by atoms with Gasteiger partial charge in [-0.3, -0.25) is 9.89 Å². The van der Waals surface area contributed by atoms with Crippen molar-refractivity contribution < 1.29 is 4.74 Å². The number of nitrogens with one attached hydrogen (secondary N) is 2. The fourth-order valence-corrected chi connectivity index (χ4v) is 3.32. The number of hydrogen-bond donors (Lipinski definition) is 2. The molecule has 1 saturated heterocycles. The fourth-order valence-electron chi connectivity index (χ4n) is 3.32. The largest absolute Gasteiger partial charge is 0.492 e. The van der Waals surface area contributed by atoms with Gasteiger partial charge in [0.2, 0.25) is 0 Å². The Kier molecular flexibility index (Phi) is 7.54. The Bertz CT molecular complexity index is 682. The van der Waals surface area contributed by atoms with Crippen LogP contribution in [0.5, 0.6) is 5.75 Å². The van der Waals surface area contributed by atoms with Crippen molar-refractivity contribution in [2.75, 3.05) is 33.3 Å². The Morgan fingerprint density at radius 3 is 2.37 bits per heavy atom. The molecule has 0 aliphatic carbocycles. The number of guanidine groups is 1. The quantitative estimate of drug-likeness (QED) is 0.449. The van der Waals surface area contributed by atoms with Crippen molar-refractivity contribution in [2.45, 2.75) is 25.4 Å². The van der Waals surface area contributed by atoms with E-state index >= 15 is 0 Å². The lowest BCUT2D eigenvalue weighted by Crippen LogP contribution is -2.49. The zero-order chi connectivity index (χ0) is 18.7. The molecule has 0 bridgehead atoms. The number of rotatable bonds is 7. The lowest BCUT2D eigenvalue weighted by Gasteiger charge is -2.33. The first-order chi connectivity index (χ1) is 13.3. The molecule has 2 N–H and O–H groups in total. The zero-order valence-corrected chi connectivity index (χ0v) is 16.1. The molecule has 1 fully saturated rings. The van der Waals surface area contributed by atoms with Crippen LogP contribution in [0.1, 0.15) is 18.4 Å². The van der Waals surface area contributed by atoms with Gasteiger partial charge in [-0.2, -0.15) is 0 Å². The molecule has 2 aromatic carbocycles. The highest BCUT2D eigenvalue weighted by Gasteiger charge is 2.19. The molecule has 5 nitrogen and oxygen atoms in total. The van der Waals surface area contributed by atoms with Crippen molar-refractivity contribution in [2.24, 2.45) is 4.99 Å². The van der Waals surface area contributed by atoms with Gasteiger partial charge in [0.1, 0.15) is 12.4 Å². The molecule has 144 valence electrons. The van der Waals surface area contributed by atoms with Crippen molar-refractivity contribution in [3.05, 3.63) is 66.2 Å². The van der Waals surface area contributed by atoms with Crippen LogP contribution in [0.15, 0.2) is 65.7 Å². The molecule has 0 spiro atoms. The summed E-state index contributed by atoms with van der Waals surface area (Å²) in [6.45, 7) is 4.60. The van der Waals surface area contributed by atoms with Crippen molar-refractivity contribution in [1.29, 1.82) is 0 Å². The van der Waals surface area contributed by atoms with Crippen LogP contribution in [0.3, 0.4) is 0 Å². The van der Waals surface area contributed by atoms with E-state index in [1.807, 2.05) is 37.4 Å². The van der Waals surface area contributed by atoms with Crippen LogP contribution < -0.4 is 15.4 Å². The summed E-state index contributed by atoms with van der Waals surface area (Å²) in [5.74, 6) is 1.75. The number of likely N-dealkylation sites (tertiary alicyclic amines) is 1. The predicted molar refractivity (Wildman–Crippen MR) is 111 cm³/mol. The minimum absolute atomic E-state index is 0.471. The molecule has 0 saturated carbocycles. The molecule has 0 radical (unpaired) electrons. The standard InChI is InChI=1S/C22H30N4O/c1-23-22(24-14-17-27-21-10-6-3-7-11-21)25-20-12-15-26(16-13-20)18-19-8-4-2-5-9-19/h2-11,20H,12-18H2,1H3,(H2,23,24,25). The monoisotopic (exact) mass is 366 g/mol. The summed E-state index contributed by atoms with van der Waals surface area (Å²) in [7, 11) is 1.82. The highest BCUT2D eigenvalue weighted by atomic mass is 16.5. The zero-order valence-electron chi connectivity index (χ0n) is 16.1. The highest BCUT2D eigenvalue weighted by molar-refractivity contribution is 5.79. The maximum absolute atomic E-state index is 5.71. The number of hydrogen-bond acceptors (Lipinski definition) is 3. The summed E-state index contributed by atoms with van der Waals surface area (Å²) in [5, 5.41) is 6.88. The minimum Gasteiger partial charge on any atom is -0.492 e. The number of benzene rings is 2. The van der Waals surface area contributed by atoms with Crippen LogP contribution in [0.25, 0.3) is 0 Å². The van der Waals surface area contributed by atoms with Crippen LogP contribution in [-0.2, 0) is 6.54 Å². The number of ether oxygens (including phenoxy) is 1. The topological polar surface area (TPSA) is 48.9 Å². The number of para-hydroxylation sites is 1. The maximum atomic E-state index is 5.71. The van der Waals surface area contributed by atoms with Gasteiger partial charge < -0.3 is 15.4 Å². The van der Waals surface area contributed by atoms with E-state index in [2.05, 4.69) is 50.9 Å².